The molecule has 3 N–H and O–H groups in total. The van der Waals surface area contributed by atoms with E-state index in [9.17, 15) is 14.7 Å². The minimum atomic E-state index is -1.05. The molecule has 4 aromatic rings. The van der Waals surface area contributed by atoms with Gasteiger partial charge in [-0.25, -0.2) is 9.59 Å². The number of rotatable bonds is 8. The minimum absolute atomic E-state index is 0.0987. The summed E-state index contributed by atoms with van der Waals surface area (Å²) < 4.78 is 5.34. The zero-order chi connectivity index (χ0) is 27.4. The van der Waals surface area contributed by atoms with E-state index in [4.69, 9.17) is 4.74 Å². The number of amides is 2. The van der Waals surface area contributed by atoms with Crippen LogP contribution in [0.4, 0.5) is 10.5 Å². The van der Waals surface area contributed by atoms with Crippen LogP contribution in [0.25, 0.3) is 10.8 Å². The summed E-state index contributed by atoms with van der Waals surface area (Å²) in [6.45, 7) is 4.12. The molecule has 0 aromatic heterocycles. The van der Waals surface area contributed by atoms with Crippen molar-refractivity contribution in [3.63, 3.8) is 0 Å². The Bertz CT molecular complexity index is 1470. The van der Waals surface area contributed by atoms with E-state index in [2.05, 4.69) is 72.2 Å². The van der Waals surface area contributed by atoms with Gasteiger partial charge in [0.25, 0.3) is 0 Å². The first-order chi connectivity index (χ1) is 18.9. The largest absolute Gasteiger partial charge is 0.495 e. The van der Waals surface area contributed by atoms with Crippen molar-refractivity contribution < 1.29 is 19.4 Å². The topological polar surface area (TPSA) is 90.9 Å². The zero-order valence-electron chi connectivity index (χ0n) is 22.1. The van der Waals surface area contributed by atoms with E-state index in [1.54, 1.807) is 6.07 Å². The maximum Gasteiger partial charge on any atom is 0.335 e. The van der Waals surface area contributed by atoms with Crippen LogP contribution in [0, 0.1) is 5.92 Å². The third-order valence-corrected chi connectivity index (χ3v) is 7.62. The van der Waals surface area contributed by atoms with Crippen LogP contribution in [0.3, 0.4) is 0 Å². The number of carbonyl (C=O) groups excluding carboxylic acids is 1. The van der Waals surface area contributed by atoms with Gasteiger partial charge < -0.3 is 25.4 Å². The molecular formula is C32H33N3O4. The molecule has 200 valence electrons. The first-order valence-corrected chi connectivity index (χ1v) is 13.2. The summed E-state index contributed by atoms with van der Waals surface area (Å²) >= 11 is 0. The number of hydrogen-bond acceptors (Lipinski definition) is 4. The Hall–Kier alpha value is -4.36. The molecule has 0 aliphatic carbocycles. The van der Waals surface area contributed by atoms with Crippen LogP contribution < -0.4 is 15.4 Å². The molecule has 39 heavy (non-hydrogen) atoms. The summed E-state index contributed by atoms with van der Waals surface area (Å²) in [5, 5.41) is 18.4. The van der Waals surface area contributed by atoms with Gasteiger partial charge in [0.15, 0.2) is 0 Å². The van der Waals surface area contributed by atoms with Crippen molar-refractivity contribution in [3.8, 4) is 5.75 Å². The lowest BCUT2D eigenvalue weighted by atomic mass is 9.88. The number of aromatic carboxylic acids is 1. The number of urea groups is 1. The highest BCUT2D eigenvalue weighted by Gasteiger charge is 2.36. The second kappa shape index (κ2) is 11.6. The van der Waals surface area contributed by atoms with E-state index < -0.39 is 5.97 Å². The highest BCUT2D eigenvalue weighted by atomic mass is 16.5. The molecule has 0 saturated carbocycles. The van der Waals surface area contributed by atoms with Crippen molar-refractivity contribution in [2.45, 2.75) is 18.9 Å². The number of nitrogens with zero attached hydrogens (tertiary/aromatic N) is 1. The van der Waals surface area contributed by atoms with E-state index in [1.165, 1.54) is 41.1 Å². The van der Waals surface area contributed by atoms with Crippen molar-refractivity contribution in [1.29, 1.82) is 0 Å². The number of anilines is 1. The maximum absolute atomic E-state index is 13.4. The summed E-state index contributed by atoms with van der Waals surface area (Å²) in [5.41, 5.74) is 3.01. The molecule has 0 spiro atoms. The second-order valence-corrected chi connectivity index (χ2v) is 10.0. The SMILES string of the molecule is COc1cc(C(=O)O)ccc1NC(=O)N1C[C@H](CN[C@H](C)c2cccc3ccccc23)[C@@H](c2ccccc2)C1. The predicted molar refractivity (Wildman–Crippen MR) is 154 cm³/mol. The van der Waals surface area contributed by atoms with E-state index in [0.717, 1.165) is 6.54 Å². The Labute approximate surface area is 228 Å². The molecule has 0 unspecified atom stereocenters. The van der Waals surface area contributed by atoms with Gasteiger partial charge >= 0.3 is 12.0 Å². The van der Waals surface area contributed by atoms with Crippen molar-refractivity contribution >= 4 is 28.5 Å². The number of methoxy groups -OCH3 is 1. The molecule has 4 aromatic carbocycles. The van der Waals surface area contributed by atoms with Crippen LogP contribution in [0.2, 0.25) is 0 Å². The van der Waals surface area contributed by atoms with E-state index >= 15 is 0 Å². The van der Waals surface area contributed by atoms with Crippen molar-refractivity contribution in [3.05, 3.63) is 108 Å². The van der Waals surface area contributed by atoms with E-state index in [0.29, 0.717) is 24.5 Å². The van der Waals surface area contributed by atoms with Gasteiger partial charge in [0.1, 0.15) is 5.75 Å². The van der Waals surface area contributed by atoms with Gasteiger partial charge in [-0.05, 0) is 52.9 Å². The van der Waals surface area contributed by atoms with Crippen LogP contribution in [0.15, 0.2) is 91.0 Å². The highest BCUT2D eigenvalue weighted by molar-refractivity contribution is 5.94. The Morgan fingerprint density at radius 2 is 1.72 bits per heavy atom. The molecule has 1 heterocycles. The number of nitrogens with one attached hydrogen (secondary N) is 2. The van der Waals surface area contributed by atoms with Gasteiger partial charge in [-0.1, -0.05) is 72.8 Å². The summed E-state index contributed by atoms with van der Waals surface area (Å²) in [7, 11) is 1.46. The Kier molecular flexibility index (Phi) is 7.79. The van der Waals surface area contributed by atoms with Gasteiger partial charge in [-0.15, -0.1) is 0 Å². The molecule has 3 atom stereocenters. The summed E-state index contributed by atoms with van der Waals surface area (Å²) in [6, 6.07) is 29.5. The third kappa shape index (κ3) is 5.73. The number of carboxylic acids is 1. The molecule has 0 bridgehead atoms. The minimum Gasteiger partial charge on any atom is -0.495 e. The Morgan fingerprint density at radius 1 is 0.974 bits per heavy atom. The standard InChI is InChI=1S/C32H33N3O4/c1-21(26-14-8-12-22-11-6-7-13-27(22)26)33-18-25-19-35(20-28(25)23-9-4-3-5-10-23)32(38)34-29-16-15-24(31(36)37)17-30(29)39-2/h3-17,21,25,28,33H,18-20H2,1-2H3,(H,34,38)(H,36,37)/t21-,25+,28-/m1/s1. The van der Waals surface area contributed by atoms with Gasteiger partial charge in [-0.2, -0.15) is 0 Å². The molecule has 7 nitrogen and oxygen atoms in total. The monoisotopic (exact) mass is 523 g/mol. The molecule has 1 aliphatic heterocycles. The van der Waals surface area contributed by atoms with Crippen molar-refractivity contribution in [2.75, 3.05) is 32.1 Å². The maximum atomic E-state index is 13.4. The number of fused-ring (bicyclic) bond motifs is 1. The van der Waals surface area contributed by atoms with E-state index in [1.807, 2.05) is 23.1 Å². The fourth-order valence-corrected chi connectivity index (χ4v) is 5.51. The number of benzene rings is 4. The Morgan fingerprint density at radius 3 is 2.49 bits per heavy atom. The first-order valence-electron chi connectivity index (χ1n) is 13.2. The van der Waals surface area contributed by atoms with Crippen LogP contribution in [-0.2, 0) is 0 Å². The average molecular weight is 524 g/mol. The number of likely N-dealkylation sites (tertiary alicyclic amines) is 1. The molecule has 1 aliphatic rings. The van der Waals surface area contributed by atoms with Gasteiger partial charge in [0, 0.05) is 31.6 Å². The van der Waals surface area contributed by atoms with Crippen LogP contribution in [0.1, 0.15) is 40.4 Å². The first kappa shape index (κ1) is 26.3. The third-order valence-electron chi connectivity index (χ3n) is 7.62. The lowest BCUT2D eigenvalue weighted by molar-refractivity contribution is 0.0696. The van der Waals surface area contributed by atoms with Gasteiger partial charge in [0.2, 0.25) is 0 Å². The quantitative estimate of drug-likeness (QED) is 0.258. The van der Waals surface area contributed by atoms with Gasteiger partial charge in [-0.3, -0.25) is 0 Å². The predicted octanol–water partition coefficient (Wildman–Crippen LogP) is 6.14. The summed E-state index contributed by atoms with van der Waals surface area (Å²) in [4.78, 5) is 26.5. The lowest BCUT2D eigenvalue weighted by Gasteiger charge is -2.23. The molecule has 5 rings (SSSR count). The van der Waals surface area contributed by atoms with Crippen molar-refractivity contribution in [1.82, 2.24) is 10.2 Å². The summed E-state index contributed by atoms with van der Waals surface area (Å²) in [5.74, 6) is -0.346. The van der Waals surface area contributed by atoms with Crippen LogP contribution in [-0.4, -0.2) is 48.8 Å². The number of hydrogen-bond donors (Lipinski definition) is 3. The molecule has 1 saturated heterocycles. The second-order valence-electron chi connectivity index (χ2n) is 10.0. The average Bonchev–Trinajstić information content (AvgIpc) is 3.40. The molecule has 2 amide bonds. The number of ether oxygens (including phenoxy) is 1. The van der Waals surface area contributed by atoms with Crippen molar-refractivity contribution in [2.24, 2.45) is 5.92 Å². The lowest BCUT2D eigenvalue weighted by Crippen LogP contribution is -2.34. The molecule has 1 fully saturated rings. The smallest absolute Gasteiger partial charge is 0.335 e. The van der Waals surface area contributed by atoms with Gasteiger partial charge in [0.05, 0.1) is 18.4 Å². The molecular weight excluding hydrogens is 490 g/mol. The van der Waals surface area contributed by atoms with Crippen LogP contribution >= 0.6 is 0 Å². The fourth-order valence-electron chi connectivity index (χ4n) is 5.51. The number of carboxylic acid groups (broad SMARTS) is 1. The number of carbonyl (C=O) groups is 2. The zero-order valence-corrected chi connectivity index (χ0v) is 22.1. The molecule has 0 radical (unpaired) electrons. The fraction of sp³-hybridized carbons (Fsp3) is 0.250. The Balaban J connectivity index is 1.32. The molecule has 7 heteroatoms. The highest BCUT2D eigenvalue weighted by Crippen LogP contribution is 2.34. The summed E-state index contributed by atoms with van der Waals surface area (Å²) in [6.07, 6.45) is 0. The van der Waals surface area contributed by atoms with E-state index in [-0.39, 0.29) is 29.5 Å². The van der Waals surface area contributed by atoms with Crippen LogP contribution in [0.5, 0.6) is 5.75 Å². The normalized spacial score (nSPS) is 17.6.